The highest BCUT2D eigenvalue weighted by Gasteiger charge is 2.17. The third-order valence-corrected chi connectivity index (χ3v) is 2.84. The van der Waals surface area contributed by atoms with Gasteiger partial charge in [-0.25, -0.2) is 4.68 Å². The van der Waals surface area contributed by atoms with E-state index in [1.165, 1.54) is 15.8 Å². The van der Waals surface area contributed by atoms with Gasteiger partial charge in [0.05, 0.1) is 18.4 Å². The highest BCUT2D eigenvalue weighted by atomic mass is 35.5. The molecule has 1 rings (SSSR count). The number of likely N-dealkylation sites (N-methyl/N-ethyl adjacent to an activating group) is 1. The van der Waals surface area contributed by atoms with Crippen molar-refractivity contribution in [3.05, 3.63) is 34.2 Å². The lowest BCUT2D eigenvalue weighted by atomic mass is 10.3. The Bertz CT molecular complexity index is 539. The monoisotopic (exact) mass is 284 g/mol. The number of nitrogens with one attached hydrogen (secondary N) is 1. The van der Waals surface area contributed by atoms with Gasteiger partial charge in [-0.2, -0.15) is 5.10 Å². The van der Waals surface area contributed by atoms with E-state index in [4.69, 9.17) is 11.6 Å². The molecule has 0 aromatic carbocycles. The van der Waals surface area contributed by atoms with E-state index < -0.39 is 11.6 Å². The summed E-state index contributed by atoms with van der Waals surface area (Å²) in [6.07, 6.45) is 2.97. The van der Waals surface area contributed by atoms with Crippen LogP contribution in [0.1, 0.15) is 6.92 Å². The largest absolute Gasteiger partial charge is 0.371 e. The molecule has 1 aromatic heterocycles. The first-order valence-corrected chi connectivity index (χ1v) is 6.10. The lowest BCUT2D eigenvalue weighted by Gasteiger charge is -2.19. The first-order chi connectivity index (χ1) is 8.88. The maximum Gasteiger partial charge on any atom is 0.287 e. The average Bonchev–Trinajstić information content (AvgIpc) is 2.37. The summed E-state index contributed by atoms with van der Waals surface area (Å²) < 4.78 is 1.19. The molecule has 0 aliphatic carbocycles. The first-order valence-electron chi connectivity index (χ1n) is 5.72. The van der Waals surface area contributed by atoms with Gasteiger partial charge >= 0.3 is 0 Å². The second kappa shape index (κ2) is 6.38. The number of carbonyl (C=O) groups is 1. The Kier molecular flexibility index (Phi) is 5.11. The zero-order valence-electron chi connectivity index (χ0n) is 11.2. The smallest absolute Gasteiger partial charge is 0.287 e. The van der Waals surface area contributed by atoms with Crippen LogP contribution in [0.5, 0.6) is 0 Å². The first kappa shape index (κ1) is 15.2. The molecule has 1 atom stereocenters. The molecule has 7 heteroatoms. The fourth-order valence-corrected chi connectivity index (χ4v) is 1.70. The number of nitrogens with zero attached hydrogens (tertiary/aromatic N) is 3. The number of hydrogen-bond donors (Lipinski definition) is 1. The molecular weight excluding hydrogens is 268 g/mol. The van der Waals surface area contributed by atoms with E-state index in [1.54, 1.807) is 27.1 Å². The Balaban J connectivity index is 2.98. The summed E-state index contributed by atoms with van der Waals surface area (Å²) in [5.74, 6) is -0.119. The van der Waals surface area contributed by atoms with Crippen molar-refractivity contribution >= 4 is 23.2 Å². The highest BCUT2D eigenvalue weighted by Crippen LogP contribution is 2.16. The van der Waals surface area contributed by atoms with Gasteiger partial charge in [0.2, 0.25) is 5.91 Å². The molecular formula is C12H17ClN4O2. The minimum atomic E-state index is -0.496. The number of allylic oxidation sites excluding steroid dienone is 1. The van der Waals surface area contributed by atoms with E-state index in [9.17, 15) is 9.59 Å². The van der Waals surface area contributed by atoms with Crippen LogP contribution < -0.4 is 10.9 Å². The molecule has 0 aliphatic rings. The molecule has 0 spiro atoms. The van der Waals surface area contributed by atoms with Crippen LogP contribution >= 0.6 is 11.6 Å². The quantitative estimate of drug-likeness (QED) is 0.818. The highest BCUT2D eigenvalue weighted by molar-refractivity contribution is 6.33. The van der Waals surface area contributed by atoms with E-state index >= 15 is 0 Å². The van der Waals surface area contributed by atoms with Crippen LogP contribution in [0.3, 0.4) is 0 Å². The summed E-state index contributed by atoms with van der Waals surface area (Å²) >= 11 is 5.97. The number of aromatic nitrogens is 2. The van der Waals surface area contributed by atoms with E-state index in [0.717, 1.165) is 0 Å². The van der Waals surface area contributed by atoms with Crippen LogP contribution in [-0.2, 0) is 11.3 Å². The number of rotatable bonds is 5. The molecule has 1 aromatic rings. The van der Waals surface area contributed by atoms with E-state index in [2.05, 4.69) is 17.0 Å². The van der Waals surface area contributed by atoms with E-state index in [0.29, 0.717) is 5.69 Å². The Morgan fingerprint density at radius 3 is 2.84 bits per heavy atom. The lowest BCUT2D eigenvalue weighted by Crippen LogP contribution is -2.37. The number of anilines is 1. The molecule has 1 unspecified atom stereocenters. The standard InChI is InChI=1S/C12H17ClN4O2/c1-5-6-17-12(19)10(13)9(7-14-17)15-8(2)11(18)16(3)4/h5,7-8,15H,1,6H2,2-4H3. The minimum Gasteiger partial charge on any atom is -0.371 e. The number of hydrogen-bond acceptors (Lipinski definition) is 4. The van der Waals surface area contributed by atoms with Crippen LogP contribution in [-0.4, -0.2) is 40.7 Å². The van der Waals surface area contributed by atoms with Crippen molar-refractivity contribution in [2.24, 2.45) is 0 Å². The van der Waals surface area contributed by atoms with Gasteiger partial charge in [0.25, 0.3) is 5.56 Å². The maximum atomic E-state index is 11.9. The van der Waals surface area contributed by atoms with Crippen molar-refractivity contribution in [1.82, 2.24) is 14.7 Å². The maximum absolute atomic E-state index is 11.9. The molecule has 1 heterocycles. The SMILES string of the molecule is C=CCn1ncc(NC(C)C(=O)N(C)C)c(Cl)c1=O. The molecule has 0 aliphatic heterocycles. The van der Waals surface area contributed by atoms with Crippen molar-refractivity contribution in [2.45, 2.75) is 19.5 Å². The summed E-state index contributed by atoms with van der Waals surface area (Å²) in [6, 6.07) is -0.496. The van der Waals surface area contributed by atoms with Crippen molar-refractivity contribution in [3.8, 4) is 0 Å². The molecule has 104 valence electrons. The third kappa shape index (κ3) is 3.57. The van der Waals surface area contributed by atoms with Gasteiger partial charge in [0.1, 0.15) is 11.1 Å². The number of halogens is 1. The van der Waals surface area contributed by atoms with Crippen molar-refractivity contribution in [2.75, 3.05) is 19.4 Å². The summed E-state index contributed by atoms with van der Waals surface area (Å²) in [6.45, 7) is 5.50. The predicted molar refractivity (Wildman–Crippen MR) is 75.5 cm³/mol. The fraction of sp³-hybridized carbons (Fsp3) is 0.417. The van der Waals surface area contributed by atoms with Crippen LogP contribution in [0, 0.1) is 0 Å². The molecule has 0 saturated carbocycles. The number of carbonyl (C=O) groups excluding carboxylic acids is 1. The summed E-state index contributed by atoms with van der Waals surface area (Å²) in [5.41, 5.74) is -0.0780. The van der Waals surface area contributed by atoms with Crippen LogP contribution in [0.15, 0.2) is 23.6 Å². The van der Waals surface area contributed by atoms with Gasteiger partial charge in [0, 0.05) is 14.1 Å². The van der Waals surface area contributed by atoms with Gasteiger partial charge < -0.3 is 10.2 Å². The van der Waals surface area contributed by atoms with Crippen LogP contribution in [0.4, 0.5) is 5.69 Å². The average molecular weight is 285 g/mol. The van der Waals surface area contributed by atoms with Gasteiger partial charge in [-0.15, -0.1) is 6.58 Å². The molecule has 0 bridgehead atoms. The molecule has 19 heavy (non-hydrogen) atoms. The van der Waals surface area contributed by atoms with Crippen molar-refractivity contribution in [1.29, 1.82) is 0 Å². The molecule has 0 fully saturated rings. The molecule has 0 radical (unpaired) electrons. The second-order valence-electron chi connectivity index (χ2n) is 4.25. The third-order valence-electron chi connectivity index (χ3n) is 2.47. The molecule has 6 nitrogen and oxygen atoms in total. The lowest BCUT2D eigenvalue weighted by molar-refractivity contribution is -0.129. The van der Waals surface area contributed by atoms with Gasteiger partial charge in [0.15, 0.2) is 0 Å². The summed E-state index contributed by atoms with van der Waals surface area (Å²) in [5, 5.41) is 6.83. The van der Waals surface area contributed by atoms with E-state index in [1.807, 2.05) is 0 Å². The van der Waals surface area contributed by atoms with Gasteiger partial charge in [-0.05, 0) is 6.92 Å². The molecule has 1 amide bonds. The van der Waals surface area contributed by atoms with Crippen LogP contribution in [0.25, 0.3) is 0 Å². The summed E-state index contributed by atoms with van der Waals surface area (Å²) in [7, 11) is 3.31. The molecule has 0 saturated heterocycles. The topological polar surface area (TPSA) is 67.2 Å². The second-order valence-corrected chi connectivity index (χ2v) is 4.62. The van der Waals surface area contributed by atoms with Gasteiger partial charge in [-0.3, -0.25) is 9.59 Å². The Hall–Kier alpha value is -1.82. The Morgan fingerprint density at radius 1 is 1.68 bits per heavy atom. The number of amides is 1. The minimum absolute atomic E-state index is 0.00950. The Labute approximate surface area is 116 Å². The Morgan fingerprint density at radius 2 is 2.32 bits per heavy atom. The van der Waals surface area contributed by atoms with E-state index in [-0.39, 0.29) is 17.5 Å². The summed E-state index contributed by atoms with van der Waals surface area (Å²) in [4.78, 5) is 25.0. The van der Waals surface area contributed by atoms with Crippen molar-refractivity contribution in [3.63, 3.8) is 0 Å². The zero-order valence-corrected chi connectivity index (χ0v) is 11.9. The zero-order chi connectivity index (χ0) is 14.6. The normalized spacial score (nSPS) is 11.8. The van der Waals surface area contributed by atoms with Gasteiger partial charge in [-0.1, -0.05) is 17.7 Å². The fourth-order valence-electron chi connectivity index (χ4n) is 1.50. The predicted octanol–water partition coefficient (Wildman–Crippen LogP) is 0.971. The molecule has 1 N–H and O–H groups in total. The van der Waals surface area contributed by atoms with Crippen molar-refractivity contribution < 1.29 is 4.79 Å². The van der Waals surface area contributed by atoms with Crippen LogP contribution in [0.2, 0.25) is 5.02 Å².